The van der Waals surface area contributed by atoms with E-state index in [1.807, 2.05) is 0 Å². The molecule has 0 bridgehead atoms. The van der Waals surface area contributed by atoms with Crippen LogP contribution in [0, 0.1) is 0 Å². The third kappa shape index (κ3) is 1.63. The fourth-order valence-corrected chi connectivity index (χ4v) is 0.317. The van der Waals surface area contributed by atoms with Crippen LogP contribution >= 0.6 is 0 Å². The van der Waals surface area contributed by atoms with Crippen molar-refractivity contribution >= 4 is 0 Å². The van der Waals surface area contributed by atoms with Crippen molar-refractivity contribution in [1.82, 2.24) is 0 Å². The number of hydrogen-bond acceptors (Lipinski definition) is 2. The van der Waals surface area contributed by atoms with E-state index in [2.05, 4.69) is 0 Å². The Morgan fingerprint density at radius 3 is 1.33 bits per heavy atom. The molecule has 0 atom stereocenters. The van der Waals surface area contributed by atoms with Crippen LogP contribution in [0.3, 0.4) is 0 Å². The van der Waals surface area contributed by atoms with Gasteiger partial charge in [-0.15, -0.1) is 0 Å². The van der Waals surface area contributed by atoms with Gasteiger partial charge in [0.2, 0.25) is 0 Å². The summed E-state index contributed by atoms with van der Waals surface area (Å²) in [5, 5.41) is 15.0. The number of hydrogen-bond donors (Lipinski definition) is 2. The summed E-state index contributed by atoms with van der Waals surface area (Å²) in [6.07, 6.45) is 0. The minimum atomic E-state index is -5.88. The smallest absolute Gasteiger partial charge is 0.335 e. The lowest BCUT2D eigenvalue weighted by molar-refractivity contribution is -0.415. The summed E-state index contributed by atoms with van der Waals surface area (Å²) in [6, 6.07) is -5.44. The summed E-state index contributed by atoms with van der Waals surface area (Å²) in [5.74, 6) is -11.3. The van der Waals surface area contributed by atoms with Crippen molar-refractivity contribution in [1.29, 1.82) is 0 Å². The summed E-state index contributed by atoms with van der Waals surface area (Å²) in [4.78, 5) is 0. The molecule has 0 radical (unpaired) electrons. The Hall–Kier alpha value is -0.500. The van der Waals surface area contributed by atoms with E-state index in [1.54, 1.807) is 0 Å². The van der Waals surface area contributed by atoms with Gasteiger partial charge in [0.05, 0.1) is 0 Å². The van der Waals surface area contributed by atoms with Gasteiger partial charge in [-0.05, 0) is 0 Å². The predicted octanol–water partition coefficient (Wildman–Crippen LogP) is 0.834. The fraction of sp³-hybridized carbons (Fsp3) is 1.00. The van der Waals surface area contributed by atoms with Gasteiger partial charge in [0, 0.05) is 0 Å². The van der Waals surface area contributed by atoms with Gasteiger partial charge >= 0.3 is 17.9 Å². The molecule has 0 fully saturated rings. The van der Waals surface area contributed by atoms with Gasteiger partial charge in [-0.1, -0.05) is 0 Å². The Balaban J connectivity index is 4.85. The lowest BCUT2D eigenvalue weighted by Crippen LogP contribution is -2.57. The first kappa shape index (κ1) is 11.5. The van der Waals surface area contributed by atoms with Gasteiger partial charge in [-0.25, -0.2) is 4.39 Å². The molecule has 0 spiro atoms. The number of halogens is 6. The average Bonchev–Trinajstić information content (AvgIpc) is 1.85. The van der Waals surface area contributed by atoms with Crippen LogP contribution in [0.5, 0.6) is 0 Å². The van der Waals surface area contributed by atoms with Crippen LogP contribution in [-0.4, -0.2) is 34.8 Å². The molecule has 0 saturated carbocycles. The van der Waals surface area contributed by atoms with Crippen LogP contribution in [-0.2, 0) is 0 Å². The first-order valence-electron chi connectivity index (χ1n) is 2.51. The summed E-state index contributed by atoms with van der Waals surface area (Å²) in [7, 11) is 0. The molecule has 0 amide bonds. The van der Waals surface area contributed by atoms with Crippen LogP contribution in [0.1, 0.15) is 0 Å². The van der Waals surface area contributed by atoms with Crippen LogP contribution in [0.2, 0.25) is 0 Å². The Morgan fingerprint density at radius 2 is 1.25 bits per heavy atom. The van der Waals surface area contributed by atoms with E-state index in [4.69, 9.17) is 10.2 Å². The van der Waals surface area contributed by atoms with Crippen molar-refractivity contribution in [2.24, 2.45) is 0 Å². The molecule has 8 heteroatoms. The zero-order valence-corrected chi connectivity index (χ0v) is 5.37. The lowest BCUT2D eigenvalue weighted by Gasteiger charge is -2.28. The van der Waals surface area contributed by atoms with Crippen molar-refractivity contribution in [3.8, 4) is 0 Å². The molecule has 0 aliphatic carbocycles. The topological polar surface area (TPSA) is 40.5 Å². The quantitative estimate of drug-likeness (QED) is 0.521. The van der Waals surface area contributed by atoms with E-state index in [-0.39, 0.29) is 0 Å². The highest BCUT2D eigenvalue weighted by Crippen LogP contribution is 2.42. The molecule has 0 heterocycles. The molecule has 0 rings (SSSR count). The monoisotopic (exact) mass is 198 g/mol. The first-order chi connectivity index (χ1) is 5.06. The standard InChI is InChI=1S/C4H4F6O2/c5-1-2(6,7)3(8,9)4(10,11)12/h11-12H,1H2. The first-order valence-corrected chi connectivity index (χ1v) is 2.51. The molecular formula is C4H4F6O2. The second-order valence-electron chi connectivity index (χ2n) is 2.00. The van der Waals surface area contributed by atoms with Crippen molar-refractivity contribution in [2.45, 2.75) is 17.9 Å². The Kier molecular flexibility index (Phi) is 2.65. The molecule has 0 aromatic rings. The van der Waals surface area contributed by atoms with Gasteiger partial charge in [0.1, 0.15) is 0 Å². The maximum atomic E-state index is 11.8. The third-order valence-electron chi connectivity index (χ3n) is 1.03. The van der Waals surface area contributed by atoms with Gasteiger partial charge in [-0.2, -0.15) is 22.0 Å². The second-order valence-corrected chi connectivity index (χ2v) is 2.00. The number of rotatable bonds is 3. The maximum absolute atomic E-state index is 11.8. The van der Waals surface area contributed by atoms with E-state index >= 15 is 0 Å². The number of aliphatic hydroxyl groups is 2. The van der Waals surface area contributed by atoms with E-state index < -0.39 is 24.6 Å². The fourth-order valence-electron chi connectivity index (χ4n) is 0.317. The Bertz CT molecular complexity index is 161. The molecular weight excluding hydrogens is 194 g/mol. The van der Waals surface area contributed by atoms with Crippen molar-refractivity contribution in [3.05, 3.63) is 0 Å². The normalized spacial score (nSPS) is 15.0. The van der Waals surface area contributed by atoms with Crippen molar-refractivity contribution in [3.63, 3.8) is 0 Å². The second kappa shape index (κ2) is 2.77. The SMILES string of the molecule is OC(O)(F)C(F)(F)C(F)(F)CF. The highest BCUT2D eigenvalue weighted by molar-refractivity contribution is 4.89. The van der Waals surface area contributed by atoms with Crippen LogP contribution in [0.15, 0.2) is 0 Å². The molecule has 2 N–H and O–H groups in total. The van der Waals surface area contributed by atoms with E-state index in [0.29, 0.717) is 0 Å². The van der Waals surface area contributed by atoms with Crippen LogP contribution in [0.4, 0.5) is 26.3 Å². The molecule has 0 aromatic carbocycles. The Morgan fingerprint density at radius 1 is 0.917 bits per heavy atom. The minimum absolute atomic E-state index is 2.90. The van der Waals surface area contributed by atoms with Gasteiger partial charge in [-0.3, -0.25) is 0 Å². The van der Waals surface area contributed by atoms with Gasteiger partial charge in [0.15, 0.2) is 6.67 Å². The highest BCUT2D eigenvalue weighted by atomic mass is 19.3. The molecule has 0 unspecified atom stereocenters. The summed E-state index contributed by atoms with van der Waals surface area (Å²) in [6.45, 7) is -2.90. The van der Waals surface area contributed by atoms with Crippen LogP contribution < -0.4 is 0 Å². The zero-order chi connectivity index (χ0) is 10.2. The molecule has 12 heavy (non-hydrogen) atoms. The predicted molar refractivity (Wildman–Crippen MR) is 24.1 cm³/mol. The average molecular weight is 198 g/mol. The molecule has 0 saturated heterocycles. The van der Waals surface area contributed by atoms with Crippen molar-refractivity contribution in [2.75, 3.05) is 6.67 Å². The van der Waals surface area contributed by atoms with E-state index in [1.165, 1.54) is 0 Å². The summed E-state index contributed by atoms with van der Waals surface area (Å²) in [5.41, 5.74) is 0. The van der Waals surface area contributed by atoms with Gasteiger partial charge < -0.3 is 10.2 Å². The van der Waals surface area contributed by atoms with Crippen LogP contribution in [0.25, 0.3) is 0 Å². The molecule has 74 valence electrons. The molecule has 2 nitrogen and oxygen atoms in total. The Labute approximate surface area is 62.4 Å². The molecule has 0 aliphatic heterocycles. The lowest BCUT2D eigenvalue weighted by atomic mass is 10.1. The van der Waals surface area contributed by atoms with E-state index in [9.17, 15) is 26.3 Å². The molecule has 0 aromatic heterocycles. The summed E-state index contributed by atoms with van der Waals surface area (Å²) >= 11 is 0. The van der Waals surface area contributed by atoms with E-state index in [0.717, 1.165) is 0 Å². The summed E-state index contributed by atoms with van der Waals surface area (Å²) < 4.78 is 69.9. The zero-order valence-electron chi connectivity index (χ0n) is 5.37. The largest absolute Gasteiger partial charge is 0.396 e. The molecule has 0 aliphatic rings. The highest BCUT2D eigenvalue weighted by Gasteiger charge is 2.70. The minimum Gasteiger partial charge on any atom is -0.335 e. The maximum Gasteiger partial charge on any atom is 0.396 e. The van der Waals surface area contributed by atoms with Gasteiger partial charge in [0.25, 0.3) is 0 Å². The number of alkyl halides is 6. The third-order valence-corrected chi connectivity index (χ3v) is 1.03. The van der Waals surface area contributed by atoms with Crippen molar-refractivity contribution < 1.29 is 36.6 Å².